The smallest absolute Gasteiger partial charge is 0.320 e. The molecule has 19 heavy (non-hydrogen) atoms. The van der Waals surface area contributed by atoms with Gasteiger partial charge in [-0.15, -0.1) is 0 Å². The normalized spacial score (nSPS) is 12.1. The molecular formula is C12H15BrN2O4. The molecule has 6 nitrogen and oxygen atoms in total. The van der Waals surface area contributed by atoms with E-state index in [0.717, 1.165) is 12.0 Å². The molecule has 0 amide bonds. The van der Waals surface area contributed by atoms with Gasteiger partial charge in [-0.25, -0.2) is 0 Å². The molecule has 1 rings (SSSR count). The summed E-state index contributed by atoms with van der Waals surface area (Å²) in [6, 6.07) is 3.82. The Bertz CT molecular complexity index is 479. The highest BCUT2D eigenvalue weighted by Crippen LogP contribution is 2.23. The van der Waals surface area contributed by atoms with E-state index < -0.39 is 16.9 Å². The van der Waals surface area contributed by atoms with Gasteiger partial charge in [-0.05, 0) is 18.1 Å². The Kier molecular flexibility index (Phi) is 5.91. The highest BCUT2D eigenvalue weighted by atomic mass is 79.9. The van der Waals surface area contributed by atoms with Gasteiger partial charge in [-0.2, -0.15) is 0 Å². The van der Waals surface area contributed by atoms with E-state index in [0.29, 0.717) is 17.4 Å². The van der Waals surface area contributed by atoms with Gasteiger partial charge in [0.1, 0.15) is 6.04 Å². The van der Waals surface area contributed by atoms with Crippen LogP contribution in [0.4, 0.5) is 5.69 Å². The number of aliphatic carboxylic acids is 1. The third-order valence-corrected chi connectivity index (χ3v) is 3.40. The van der Waals surface area contributed by atoms with Crippen LogP contribution in [0.15, 0.2) is 22.7 Å². The van der Waals surface area contributed by atoms with Crippen LogP contribution in [-0.4, -0.2) is 22.0 Å². The Balaban J connectivity index is 2.72. The molecule has 0 radical (unpaired) electrons. The predicted molar refractivity (Wildman–Crippen MR) is 74.0 cm³/mol. The molecule has 2 N–H and O–H groups in total. The molecule has 1 unspecified atom stereocenters. The van der Waals surface area contributed by atoms with Gasteiger partial charge < -0.3 is 10.4 Å². The van der Waals surface area contributed by atoms with Crippen molar-refractivity contribution < 1.29 is 14.8 Å². The van der Waals surface area contributed by atoms with Gasteiger partial charge in [0.2, 0.25) is 0 Å². The summed E-state index contributed by atoms with van der Waals surface area (Å²) in [7, 11) is 0. The van der Waals surface area contributed by atoms with E-state index in [4.69, 9.17) is 5.11 Å². The molecule has 0 saturated carbocycles. The maximum atomic E-state index is 11.0. The molecule has 0 aliphatic carbocycles. The van der Waals surface area contributed by atoms with E-state index in [1.807, 2.05) is 6.92 Å². The van der Waals surface area contributed by atoms with E-state index in [1.54, 1.807) is 6.07 Å². The molecule has 0 saturated heterocycles. The van der Waals surface area contributed by atoms with Crippen LogP contribution in [0.25, 0.3) is 0 Å². The second-order valence-electron chi connectivity index (χ2n) is 4.09. The first-order valence-corrected chi connectivity index (χ1v) is 6.64. The number of rotatable bonds is 7. The molecule has 0 aromatic heterocycles. The van der Waals surface area contributed by atoms with E-state index in [9.17, 15) is 14.9 Å². The predicted octanol–water partition coefficient (Wildman–Crippen LogP) is 2.70. The van der Waals surface area contributed by atoms with Crippen molar-refractivity contribution >= 4 is 27.6 Å². The summed E-state index contributed by atoms with van der Waals surface area (Å²) < 4.78 is 0.592. The largest absolute Gasteiger partial charge is 0.480 e. The van der Waals surface area contributed by atoms with Gasteiger partial charge in [0.05, 0.1) is 4.92 Å². The summed E-state index contributed by atoms with van der Waals surface area (Å²) >= 11 is 3.25. The van der Waals surface area contributed by atoms with E-state index in [2.05, 4.69) is 21.2 Å². The Morgan fingerprint density at radius 1 is 1.58 bits per heavy atom. The minimum Gasteiger partial charge on any atom is -0.480 e. The van der Waals surface area contributed by atoms with Crippen molar-refractivity contribution in [1.82, 2.24) is 5.32 Å². The molecule has 1 aromatic carbocycles. The van der Waals surface area contributed by atoms with Crippen molar-refractivity contribution in [3.63, 3.8) is 0 Å². The molecule has 1 atom stereocenters. The van der Waals surface area contributed by atoms with Crippen molar-refractivity contribution in [3.05, 3.63) is 38.3 Å². The zero-order valence-corrected chi connectivity index (χ0v) is 12.0. The fourth-order valence-electron chi connectivity index (χ4n) is 1.63. The summed E-state index contributed by atoms with van der Waals surface area (Å²) in [5.74, 6) is -0.889. The van der Waals surface area contributed by atoms with Gasteiger partial charge in [-0.3, -0.25) is 14.9 Å². The average molecular weight is 331 g/mol. The number of nitro benzene ring substituents is 1. The number of carbonyl (C=O) groups is 1. The lowest BCUT2D eigenvalue weighted by Crippen LogP contribution is -2.36. The van der Waals surface area contributed by atoms with E-state index in [-0.39, 0.29) is 5.69 Å². The Labute approximate surface area is 119 Å². The number of carboxylic acid groups (broad SMARTS) is 1. The quantitative estimate of drug-likeness (QED) is 0.592. The molecule has 104 valence electrons. The Morgan fingerprint density at radius 3 is 2.74 bits per heavy atom. The summed E-state index contributed by atoms with van der Waals surface area (Å²) in [6.45, 7) is 2.26. The van der Waals surface area contributed by atoms with Crippen LogP contribution in [0.1, 0.15) is 25.3 Å². The fraction of sp³-hybridized carbons (Fsp3) is 0.417. The highest BCUT2D eigenvalue weighted by molar-refractivity contribution is 9.10. The third kappa shape index (κ3) is 4.60. The minimum atomic E-state index is -0.889. The number of nitro groups is 1. The van der Waals surface area contributed by atoms with Crippen LogP contribution in [-0.2, 0) is 11.3 Å². The number of benzene rings is 1. The second kappa shape index (κ2) is 7.20. The zero-order valence-electron chi connectivity index (χ0n) is 10.4. The van der Waals surface area contributed by atoms with Gasteiger partial charge in [0.15, 0.2) is 0 Å². The minimum absolute atomic E-state index is 0.000956. The first-order valence-electron chi connectivity index (χ1n) is 5.84. The number of carboxylic acids is 1. The first kappa shape index (κ1) is 15.6. The lowest BCUT2D eigenvalue weighted by Gasteiger charge is -2.14. The highest BCUT2D eigenvalue weighted by Gasteiger charge is 2.16. The molecule has 0 bridgehead atoms. The average Bonchev–Trinajstić information content (AvgIpc) is 2.35. The standard InChI is InChI=1S/C12H15BrN2O4/c1-2-3-11(12(16)17)14-7-8-4-5-9(15(18)19)6-10(8)13/h4-6,11,14H,2-3,7H2,1H3,(H,16,17). The third-order valence-electron chi connectivity index (χ3n) is 2.66. The van der Waals surface area contributed by atoms with Crippen molar-refractivity contribution in [1.29, 1.82) is 0 Å². The fourth-order valence-corrected chi connectivity index (χ4v) is 2.13. The number of non-ortho nitro benzene ring substituents is 1. The summed E-state index contributed by atoms with van der Waals surface area (Å²) in [5.41, 5.74) is 0.784. The Morgan fingerprint density at radius 2 is 2.26 bits per heavy atom. The van der Waals surface area contributed by atoms with Crippen LogP contribution in [0.3, 0.4) is 0 Å². The van der Waals surface area contributed by atoms with Crippen molar-refractivity contribution in [2.75, 3.05) is 0 Å². The first-order chi connectivity index (χ1) is 8.95. The lowest BCUT2D eigenvalue weighted by atomic mass is 10.1. The van der Waals surface area contributed by atoms with Gasteiger partial charge in [-0.1, -0.05) is 29.3 Å². The van der Waals surface area contributed by atoms with Crippen molar-refractivity contribution in [2.24, 2.45) is 0 Å². The lowest BCUT2D eigenvalue weighted by molar-refractivity contribution is -0.384. The van der Waals surface area contributed by atoms with Crippen LogP contribution in [0.5, 0.6) is 0 Å². The summed E-state index contributed by atoms with van der Waals surface area (Å²) in [5, 5.41) is 22.5. The zero-order chi connectivity index (χ0) is 14.4. The molecular weight excluding hydrogens is 316 g/mol. The molecule has 0 spiro atoms. The number of halogens is 1. The summed E-state index contributed by atoms with van der Waals surface area (Å²) in [4.78, 5) is 21.1. The van der Waals surface area contributed by atoms with Crippen LogP contribution in [0, 0.1) is 10.1 Å². The van der Waals surface area contributed by atoms with Gasteiger partial charge in [0.25, 0.3) is 5.69 Å². The maximum absolute atomic E-state index is 11.0. The number of hydrogen-bond acceptors (Lipinski definition) is 4. The number of nitrogens with zero attached hydrogens (tertiary/aromatic N) is 1. The maximum Gasteiger partial charge on any atom is 0.320 e. The molecule has 0 heterocycles. The van der Waals surface area contributed by atoms with Gasteiger partial charge in [0, 0.05) is 23.2 Å². The molecule has 0 fully saturated rings. The van der Waals surface area contributed by atoms with Gasteiger partial charge >= 0.3 is 5.97 Å². The topological polar surface area (TPSA) is 92.5 Å². The van der Waals surface area contributed by atoms with Crippen LogP contribution >= 0.6 is 15.9 Å². The molecule has 0 aliphatic rings. The SMILES string of the molecule is CCCC(NCc1ccc([N+](=O)[O-])cc1Br)C(=O)O. The van der Waals surface area contributed by atoms with E-state index in [1.165, 1.54) is 12.1 Å². The Hall–Kier alpha value is -1.47. The van der Waals surface area contributed by atoms with E-state index >= 15 is 0 Å². The molecule has 1 aromatic rings. The monoisotopic (exact) mass is 330 g/mol. The van der Waals surface area contributed by atoms with Crippen molar-refractivity contribution in [3.8, 4) is 0 Å². The second-order valence-corrected chi connectivity index (χ2v) is 4.95. The molecule has 0 aliphatic heterocycles. The van der Waals surface area contributed by atoms with Crippen molar-refractivity contribution in [2.45, 2.75) is 32.4 Å². The number of nitrogens with one attached hydrogen (secondary N) is 1. The van der Waals surface area contributed by atoms with Crippen LogP contribution < -0.4 is 5.32 Å². The summed E-state index contributed by atoms with van der Waals surface area (Å²) in [6.07, 6.45) is 1.31. The van der Waals surface area contributed by atoms with Crippen LogP contribution in [0.2, 0.25) is 0 Å². The molecule has 7 heteroatoms. The number of hydrogen-bond donors (Lipinski definition) is 2.